The Hall–Kier alpha value is -2.34. The maximum Gasteiger partial charge on any atom is 0.264 e. The first kappa shape index (κ1) is 16.1. The van der Waals surface area contributed by atoms with E-state index in [1.54, 1.807) is 36.6 Å². The predicted octanol–water partition coefficient (Wildman–Crippen LogP) is 3.04. The van der Waals surface area contributed by atoms with Gasteiger partial charge in [0.15, 0.2) is 12.4 Å². The fourth-order valence-electron chi connectivity index (χ4n) is 3.58. The van der Waals surface area contributed by atoms with Gasteiger partial charge in [0, 0.05) is 17.5 Å². The molecule has 0 saturated heterocycles. The second-order valence-electron chi connectivity index (χ2n) is 6.84. The van der Waals surface area contributed by atoms with Gasteiger partial charge in [-0.25, -0.2) is 0 Å². The second kappa shape index (κ2) is 5.88. The number of nitrogens with zero attached hydrogens (tertiary/aromatic N) is 1. The van der Waals surface area contributed by atoms with E-state index in [1.165, 1.54) is 9.78 Å². The zero-order valence-electron chi connectivity index (χ0n) is 14.3. The van der Waals surface area contributed by atoms with Crippen LogP contribution in [0.1, 0.15) is 39.7 Å². The molecule has 2 heterocycles. The largest absolute Gasteiger partial charge is 0.482 e. The Morgan fingerprint density at radius 3 is 3.00 bits per heavy atom. The highest BCUT2D eigenvalue weighted by Crippen LogP contribution is 2.40. The fourth-order valence-corrected chi connectivity index (χ4v) is 4.86. The molecule has 130 valence electrons. The number of nitrogen functional groups attached to an aromatic ring is 1. The molecule has 2 aromatic rings. The van der Waals surface area contributed by atoms with Gasteiger partial charge in [-0.3, -0.25) is 9.59 Å². The molecule has 2 aliphatic rings. The highest BCUT2D eigenvalue weighted by molar-refractivity contribution is 7.16. The number of amides is 1. The van der Waals surface area contributed by atoms with Crippen molar-refractivity contribution in [3.8, 4) is 5.75 Å². The Labute approximate surface area is 150 Å². The lowest BCUT2D eigenvalue weighted by molar-refractivity contribution is -0.120. The standard InChI is InChI=1S/C19H20N2O3S/c1-10-3-5-12-15(7-10)25-19(20)17(12)18(23)11-4-6-14-13(8-11)21(2)16(22)9-24-14/h4,6,8,10H,3,5,7,9,20H2,1-2H3. The number of hydrogen-bond donors (Lipinski definition) is 1. The molecule has 1 aliphatic carbocycles. The summed E-state index contributed by atoms with van der Waals surface area (Å²) in [5.41, 5.74) is 9.13. The Morgan fingerprint density at radius 2 is 2.20 bits per heavy atom. The Bertz CT molecular complexity index is 887. The van der Waals surface area contributed by atoms with E-state index in [1.807, 2.05) is 0 Å². The molecule has 0 radical (unpaired) electrons. The van der Waals surface area contributed by atoms with Crippen molar-refractivity contribution in [2.24, 2.45) is 5.92 Å². The Kier molecular flexibility index (Phi) is 3.80. The topological polar surface area (TPSA) is 72.6 Å². The maximum atomic E-state index is 13.1. The molecule has 4 rings (SSSR count). The second-order valence-corrected chi connectivity index (χ2v) is 7.98. The molecule has 2 N–H and O–H groups in total. The van der Waals surface area contributed by atoms with Gasteiger partial charge in [-0.2, -0.15) is 0 Å². The van der Waals surface area contributed by atoms with E-state index in [4.69, 9.17) is 10.5 Å². The van der Waals surface area contributed by atoms with Crippen LogP contribution in [0.2, 0.25) is 0 Å². The first-order valence-electron chi connectivity index (χ1n) is 8.43. The molecule has 1 unspecified atom stereocenters. The summed E-state index contributed by atoms with van der Waals surface area (Å²) >= 11 is 1.54. The van der Waals surface area contributed by atoms with Crippen LogP contribution in [0.3, 0.4) is 0 Å². The van der Waals surface area contributed by atoms with Crippen LogP contribution in [0.25, 0.3) is 0 Å². The molecule has 0 saturated carbocycles. The van der Waals surface area contributed by atoms with Gasteiger partial charge in [-0.15, -0.1) is 11.3 Å². The lowest BCUT2D eigenvalue weighted by atomic mass is 9.86. The zero-order chi connectivity index (χ0) is 17.7. The van der Waals surface area contributed by atoms with Crippen molar-refractivity contribution in [1.82, 2.24) is 0 Å². The van der Waals surface area contributed by atoms with Gasteiger partial charge in [0.1, 0.15) is 5.75 Å². The van der Waals surface area contributed by atoms with E-state index in [9.17, 15) is 9.59 Å². The van der Waals surface area contributed by atoms with Gasteiger partial charge in [0.2, 0.25) is 0 Å². The van der Waals surface area contributed by atoms with Gasteiger partial charge in [-0.1, -0.05) is 6.92 Å². The normalized spacial score (nSPS) is 19.2. The van der Waals surface area contributed by atoms with E-state index in [0.717, 1.165) is 24.8 Å². The third-order valence-electron chi connectivity index (χ3n) is 5.07. The van der Waals surface area contributed by atoms with Gasteiger partial charge in [-0.05, 0) is 48.9 Å². The minimum atomic E-state index is -0.126. The molecular weight excluding hydrogens is 336 g/mol. The summed E-state index contributed by atoms with van der Waals surface area (Å²) in [6, 6.07) is 5.23. The number of ether oxygens (including phenoxy) is 1. The molecule has 0 fully saturated rings. The zero-order valence-corrected chi connectivity index (χ0v) is 15.1. The van der Waals surface area contributed by atoms with Gasteiger partial charge in [0.05, 0.1) is 16.3 Å². The molecule has 25 heavy (non-hydrogen) atoms. The van der Waals surface area contributed by atoms with Crippen LogP contribution in [-0.2, 0) is 17.6 Å². The summed E-state index contributed by atoms with van der Waals surface area (Å²) < 4.78 is 5.43. The maximum absolute atomic E-state index is 13.1. The van der Waals surface area contributed by atoms with Crippen LogP contribution in [-0.4, -0.2) is 25.3 Å². The van der Waals surface area contributed by atoms with Crippen LogP contribution in [0.4, 0.5) is 10.7 Å². The van der Waals surface area contributed by atoms with Crippen molar-refractivity contribution in [1.29, 1.82) is 0 Å². The van der Waals surface area contributed by atoms with Crippen LogP contribution < -0.4 is 15.4 Å². The number of fused-ring (bicyclic) bond motifs is 2. The van der Waals surface area contributed by atoms with E-state index in [-0.39, 0.29) is 18.3 Å². The number of ketones is 1. The summed E-state index contributed by atoms with van der Waals surface area (Å²) in [5, 5.41) is 0.600. The summed E-state index contributed by atoms with van der Waals surface area (Å²) in [7, 11) is 1.69. The highest BCUT2D eigenvalue weighted by Gasteiger charge is 2.29. The number of hydrogen-bond acceptors (Lipinski definition) is 5. The van der Waals surface area contributed by atoms with Crippen molar-refractivity contribution in [3.05, 3.63) is 39.8 Å². The fraction of sp³-hybridized carbons (Fsp3) is 0.368. The van der Waals surface area contributed by atoms with Gasteiger partial charge < -0.3 is 15.4 Å². The number of nitrogens with two attached hydrogens (primary N) is 1. The monoisotopic (exact) mass is 356 g/mol. The van der Waals surface area contributed by atoms with E-state index in [0.29, 0.717) is 33.5 Å². The lowest BCUT2D eigenvalue weighted by Gasteiger charge is -2.26. The number of benzene rings is 1. The molecule has 1 atom stereocenters. The van der Waals surface area contributed by atoms with Crippen molar-refractivity contribution < 1.29 is 14.3 Å². The number of likely N-dealkylation sites (N-methyl/N-ethyl adjacent to an activating group) is 1. The van der Waals surface area contributed by atoms with Crippen molar-refractivity contribution in [2.45, 2.75) is 26.2 Å². The molecule has 1 aromatic heterocycles. The minimum Gasteiger partial charge on any atom is -0.482 e. The van der Waals surface area contributed by atoms with Crippen LogP contribution in [0, 0.1) is 5.92 Å². The molecule has 0 bridgehead atoms. The molecule has 6 heteroatoms. The average Bonchev–Trinajstić information content (AvgIpc) is 2.92. The number of thiophene rings is 1. The van der Waals surface area contributed by atoms with Crippen molar-refractivity contribution in [2.75, 3.05) is 24.3 Å². The van der Waals surface area contributed by atoms with Gasteiger partial charge in [0.25, 0.3) is 5.91 Å². The Balaban J connectivity index is 1.75. The summed E-state index contributed by atoms with van der Waals surface area (Å²) in [4.78, 5) is 27.8. The minimum absolute atomic E-state index is 0.0277. The summed E-state index contributed by atoms with van der Waals surface area (Å²) in [5.74, 6) is 1.05. The molecule has 5 nitrogen and oxygen atoms in total. The Morgan fingerprint density at radius 1 is 1.40 bits per heavy atom. The van der Waals surface area contributed by atoms with Crippen molar-refractivity contribution in [3.63, 3.8) is 0 Å². The molecule has 0 spiro atoms. The quantitative estimate of drug-likeness (QED) is 0.840. The highest BCUT2D eigenvalue weighted by atomic mass is 32.1. The lowest BCUT2D eigenvalue weighted by Crippen LogP contribution is -2.35. The van der Waals surface area contributed by atoms with Crippen molar-refractivity contribution >= 4 is 33.7 Å². The van der Waals surface area contributed by atoms with Crippen LogP contribution in [0.15, 0.2) is 18.2 Å². The number of rotatable bonds is 2. The van der Waals surface area contributed by atoms with Crippen LogP contribution >= 0.6 is 11.3 Å². The molecule has 1 aromatic carbocycles. The first-order chi connectivity index (χ1) is 12.0. The van der Waals surface area contributed by atoms with E-state index < -0.39 is 0 Å². The molecular formula is C19H20N2O3S. The summed E-state index contributed by atoms with van der Waals surface area (Å²) in [6.07, 6.45) is 2.98. The van der Waals surface area contributed by atoms with E-state index >= 15 is 0 Å². The third-order valence-corrected chi connectivity index (χ3v) is 6.16. The number of carbonyl (C=O) groups is 2. The SMILES string of the molecule is CC1CCc2c(sc(N)c2C(=O)c2ccc3c(c2)N(C)C(=O)CO3)C1. The third kappa shape index (κ3) is 2.61. The molecule has 1 amide bonds. The summed E-state index contributed by atoms with van der Waals surface area (Å²) in [6.45, 7) is 2.26. The number of anilines is 2. The smallest absolute Gasteiger partial charge is 0.264 e. The van der Waals surface area contributed by atoms with E-state index in [2.05, 4.69) is 6.92 Å². The van der Waals surface area contributed by atoms with Crippen LogP contribution in [0.5, 0.6) is 5.75 Å². The number of carbonyl (C=O) groups excluding carboxylic acids is 2. The first-order valence-corrected chi connectivity index (χ1v) is 9.25. The van der Waals surface area contributed by atoms with Gasteiger partial charge >= 0.3 is 0 Å². The average molecular weight is 356 g/mol. The predicted molar refractivity (Wildman–Crippen MR) is 98.7 cm³/mol. The molecule has 1 aliphatic heterocycles.